The standard InChI is InChI=1S/C23H30N2O2/c1-17(2)25(16-20-9-7-6-8-10-20)22(27)23(4,5)21(26)24-15-19-13-11-18(3)12-14-19/h6-14,17H,15-16H2,1-5H3,(H,24,26). The van der Waals surface area contributed by atoms with E-state index in [2.05, 4.69) is 5.32 Å². The van der Waals surface area contributed by atoms with Crippen LogP contribution in [0.4, 0.5) is 0 Å². The van der Waals surface area contributed by atoms with Gasteiger partial charge in [0.1, 0.15) is 5.41 Å². The molecule has 2 aromatic carbocycles. The molecule has 0 bridgehead atoms. The predicted molar refractivity (Wildman–Crippen MR) is 109 cm³/mol. The molecular formula is C23H30N2O2. The van der Waals surface area contributed by atoms with Crippen LogP contribution in [0.3, 0.4) is 0 Å². The highest BCUT2D eigenvalue weighted by molar-refractivity contribution is 6.04. The van der Waals surface area contributed by atoms with E-state index in [0.29, 0.717) is 13.1 Å². The summed E-state index contributed by atoms with van der Waals surface area (Å²) in [6.45, 7) is 10.3. The molecule has 4 nitrogen and oxygen atoms in total. The fourth-order valence-corrected chi connectivity index (χ4v) is 2.83. The Labute approximate surface area is 162 Å². The van der Waals surface area contributed by atoms with Gasteiger partial charge in [-0.1, -0.05) is 60.2 Å². The minimum Gasteiger partial charge on any atom is -0.351 e. The van der Waals surface area contributed by atoms with Gasteiger partial charge in [0.25, 0.3) is 0 Å². The number of amides is 2. The smallest absolute Gasteiger partial charge is 0.238 e. The van der Waals surface area contributed by atoms with Gasteiger partial charge in [-0.2, -0.15) is 0 Å². The summed E-state index contributed by atoms with van der Waals surface area (Å²) in [5.41, 5.74) is 2.11. The van der Waals surface area contributed by atoms with Gasteiger partial charge in [0.15, 0.2) is 0 Å². The Balaban J connectivity index is 2.07. The molecule has 0 aliphatic rings. The average molecular weight is 367 g/mol. The first-order valence-corrected chi connectivity index (χ1v) is 9.40. The molecule has 0 unspecified atom stereocenters. The van der Waals surface area contributed by atoms with Crippen molar-refractivity contribution in [3.05, 3.63) is 71.3 Å². The van der Waals surface area contributed by atoms with Crippen molar-refractivity contribution in [1.29, 1.82) is 0 Å². The fraction of sp³-hybridized carbons (Fsp3) is 0.391. The van der Waals surface area contributed by atoms with Gasteiger partial charge in [0.2, 0.25) is 11.8 Å². The third-order valence-corrected chi connectivity index (χ3v) is 4.76. The maximum atomic E-state index is 13.2. The van der Waals surface area contributed by atoms with Crippen LogP contribution < -0.4 is 5.32 Å². The van der Waals surface area contributed by atoms with Crippen molar-refractivity contribution in [3.63, 3.8) is 0 Å². The van der Waals surface area contributed by atoms with E-state index in [4.69, 9.17) is 0 Å². The van der Waals surface area contributed by atoms with Gasteiger partial charge < -0.3 is 10.2 Å². The summed E-state index contributed by atoms with van der Waals surface area (Å²) < 4.78 is 0. The number of nitrogens with one attached hydrogen (secondary N) is 1. The first kappa shape index (κ1) is 20.7. The lowest BCUT2D eigenvalue weighted by atomic mass is 9.89. The molecule has 27 heavy (non-hydrogen) atoms. The largest absolute Gasteiger partial charge is 0.351 e. The SMILES string of the molecule is Cc1ccc(CNC(=O)C(C)(C)C(=O)N(Cc2ccccc2)C(C)C)cc1. The molecule has 0 aromatic heterocycles. The Morgan fingerprint density at radius 1 is 0.963 bits per heavy atom. The van der Waals surface area contributed by atoms with Crippen LogP contribution in [-0.4, -0.2) is 22.8 Å². The van der Waals surface area contributed by atoms with Crippen LogP contribution in [-0.2, 0) is 22.7 Å². The van der Waals surface area contributed by atoms with Crippen molar-refractivity contribution in [2.24, 2.45) is 5.41 Å². The molecule has 0 saturated heterocycles. The predicted octanol–water partition coefficient (Wildman–Crippen LogP) is 4.07. The molecule has 0 saturated carbocycles. The summed E-state index contributed by atoms with van der Waals surface area (Å²) in [5, 5.41) is 2.91. The highest BCUT2D eigenvalue weighted by Gasteiger charge is 2.39. The molecule has 2 aromatic rings. The van der Waals surface area contributed by atoms with E-state index in [9.17, 15) is 9.59 Å². The van der Waals surface area contributed by atoms with Gasteiger partial charge in [-0.05, 0) is 45.7 Å². The number of carbonyl (C=O) groups is 2. The topological polar surface area (TPSA) is 49.4 Å². The van der Waals surface area contributed by atoms with Crippen LogP contribution in [0.25, 0.3) is 0 Å². The van der Waals surface area contributed by atoms with Crippen LogP contribution in [0.1, 0.15) is 44.4 Å². The van der Waals surface area contributed by atoms with Gasteiger partial charge in [-0.15, -0.1) is 0 Å². The molecule has 4 heteroatoms. The van der Waals surface area contributed by atoms with Gasteiger partial charge in [-0.3, -0.25) is 9.59 Å². The van der Waals surface area contributed by atoms with Crippen LogP contribution in [0.5, 0.6) is 0 Å². The lowest BCUT2D eigenvalue weighted by Gasteiger charge is -2.34. The zero-order valence-corrected chi connectivity index (χ0v) is 17.0. The molecule has 0 aliphatic carbocycles. The molecule has 0 atom stereocenters. The number of rotatable bonds is 7. The molecule has 0 heterocycles. The zero-order valence-electron chi connectivity index (χ0n) is 17.0. The summed E-state index contributed by atoms with van der Waals surface area (Å²) in [4.78, 5) is 27.7. The minimum absolute atomic E-state index is 0.00174. The van der Waals surface area contributed by atoms with Crippen LogP contribution >= 0.6 is 0 Å². The minimum atomic E-state index is -1.14. The molecule has 0 spiro atoms. The highest BCUT2D eigenvalue weighted by Crippen LogP contribution is 2.23. The van der Waals surface area contributed by atoms with Gasteiger partial charge >= 0.3 is 0 Å². The van der Waals surface area contributed by atoms with Crippen molar-refractivity contribution in [1.82, 2.24) is 10.2 Å². The molecule has 0 fully saturated rings. The molecule has 0 aliphatic heterocycles. The van der Waals surface area contributed by atoms with Gasteiger partial charge in [-0.25, -0.2) is 0 Å². The Bertz CT molecular complexity index is 765. The summed E-state index contributed by atoms with van der Waals surface area (Å²) in [6.07, 6.45) is 0. The van der Waals surface area contributed by atoms with Crippen molar-refractivity contribution < 1.29 is 9.59 Å². The van der Waals surface area contributed by atoms with Crippen LogP contribution in [0.2, 0.25) is 0 Å². The molecule has 2 rings (SSSR count). The summed E-state index contributed by atoms with van der Waals surface area (Å²) in [7, 11) is 0. The quantitative estimate of drug-likeness (QED) is 0.751. The summed E-state index contributed by atoms with van der Waals surface area (Å²) in [6, 6.07) is 17.8. The van der Waals surface area contributed by atoms with E-state index in [1.807, 2.05) is 75.4 Å². The number of aryl methyl sites for hydroxylation is 1. The van der Waals surface area contributed by atoms with E-state index in [1.165, 1.54) is 5.56 Å². The van der Waals surface area contributed by atoms with Crippen molar-refractivity contribution in [2.45, 2.75) is 53.8 Å². The Morgan fingerprint density at radius 3 is 2.11 bits per heavy atom. The first-order chi connectivity index (χ1) is 12.7. The lowest BCUT2D eigenvalue weighted by Crippen LogP contribution is -2.51. The molecule has 0 radical (unpaired) electrons. The van der Waals surface area contributed by atoms with Crippen molar-refractivity contribution in [3.8, 4) is 0 Å². The van der Waals surface area contributed by atoms with E-state index < -0.39 is 5.41 Å². The zero-order chi connectivity index (χ0) is 20.0. The first-order valence-electron chi connectivity index (χ1n) is 9.40. The van der Waals surface area contributed by atoms with Crippen molar-refractivity contribution in [2.75, 3.05) is 0 Å². The highest BCUT2D eigenvalue weighted by atomic mass is 16.2. The number of hydrogen-bond acceptors (Lipinski definition) is 2. The average Bonchev–Trinajstić information content (AvgIpc) is 2.65. The summed E-state index contributed by atoms with van der Waals surface area (Å²) in [5.74, 6) is -0.422. The third kappa shape index (κ3) is 5.43. The number of nitrogens with zero attached hydrogens (tertiary/aromatic N) is 1. The van der Waals surface area contributed by atoms with E-state index in [-0.39, 0.29) is 17.9 Å². The molecule has 2 amide bonds. The van der Waals surface area contributed by atoms with Gasteiger partial charge in [0.05, 0.1) is 0 Å². The van der Waals surface area contributed by atoms with E-state index >= 15 is 0 Å². The van der Waals surface area contributed by atoms with Crippen molar-refractivity contribution >= 4 is 11.8 Å². The third-order valence-electron chi connectivity index (χ3n) is 4.76. The number of carbonyl (C=O) groups excluding carboxylic acids is 2. The van der Waals surface area contributed by atoms with Crippen LogP contribution in [0, 0.1) is 12.3 Å². The Kier molecular flexibility index (Phi) is 6.78. The monoisotopic (exact) mass is 366 g/mol. The Morgan fingerprint density at radius 2 is 1.56 bits per heavy atom. The van der Waals surface area contributed by atoms with Gasteiger partial charge in [0, 0.05) is 19.1 Å². The maximum Gasteiger partial charge on any atom is 0.238 e. The van der Waals surface area contributed by atoms with Crippen LogP contribution in [0.15, 0.2) is 54.6 Å². The number of benzene rings is 2. The summed E-state index contributed by atoms with van der Waals surface area (Å²) >= 11 is 0. The maximum absolute atomic E-state index is 13.2. The second kappa shape index (κ2) is 8.85. The lowest BCUT2D eigenvalue weighted by molar-refractivity contribution is -0.150. The number of hydrogen-bond donors (Lipinski definition) is 1. The second-order valence-corrected chi connectivity index (χ2v) is 7.81. The second-order valence-electron chi connectivity index (χ2n) is 7.81. The Hall–Kier alpha value is -2.62. The molecular weight excluding hydrogens is 336 g/mol. The normalized spacial score (nSPS) is 11.3. The van der Waals surface area contributed by atoms with E-state index in [0.717, 1.165) is 11.1 Å². The fourth-order valence-electron chi connectivity index (χ4n) is 2.83. The van der Waals surface area contributed by atoms with E-state index in [1.54, 1.807) is 18.7 Å². The molecule has 144 valence electrons. The molecule has 1 N–H and O–H groups in total.